The highest BCUT2D eigenvalue weighted by Gasteiger charge is 2.29. The fourth-order valence-corrected chi connectivity index (χ4v) is 2.63. The lowest BCUT2D eigenvalue weighted by molar-refractivity contribution is 0.0946. The van der Waals surface area contributed by atoms with Crippen molar-refractivity contribution in [2.45, 2.75) is 12.5 Å². The Morgan fingerprint density at radius 1 is 1.00 bits per heavy atom. The third-order valence-electron chi connectivity index (χ3n) is 3.55. The van der Waals surface area contributed by atoms with Crippen LogP contribution in [0.2, 0.25) is 0 Å². The highest BCUT2D eigenvalue weighted by atomic mass is 79.9. The van der Waals surface area contributed by atoms with Crippen LogP contribution in [0, 0.1) is 0 Å². The molecule has 0 saturated carbocycles. The van der Waals surface area contributed by atoms with Crippen molar-refractivity contribution >= 4 is 15.9 Å². The van der Waals surface area contributed by atoms with Crippen LogP contribution in [-0.2, 0) is 5.60 Å². The summed E-state index contributed by atoms with van der Waals surface area (Å²) in [5, 5.41) is 15.3. The van der Waals surface area contributed by atoms with Gasteiger partial charge in [-0.15, -0.1) is 0 Å². The van der Waals surface area contributed by atoms with Crippen molar-refractivity contribution < 1.29 is 5.11 Å². The first-order valence-corrected chi connectivity index (χ1v) is 7.47. The van der Waals surface area contributed by atoms with Crippen LogP contribution in [0.3, 0.4) is 0 Å². The molecule has 3 nitrogen and oxygen atoms in total. The normalized spacial score (nSPS) is 13.9. The van der Waals surface area contributed by atoms with Crippen LogP contribution in [-0.4, -0.2) is 14.9 Å². The molecule has 21 heavy (non-hydrogen) atoms. The first-order valence-electron chi connectivity index (χ1n) is 6.67. The predicted molar refractivity (Wildman–Crippen MR) is 86.4 cm³/mol. The number of rotatable bonds is 3. The molecule has 0 aliphatic heterocycles. The number of hydrogen-bond acceptors (Lipinski definition) is 2. The number of aromatic nitrogens is 2. The van der Waals surface area contributed by atoms with E-state index in [-0.39, 0.29) is 0 Å². The molecule has 0 aliphatic rings. The van der Waals surface area contributed by atoms with Crippen LogP contribution in [0.25, 0.3) is 5.69 Å². The summed E-state index contributed by atoms with van der Waals surface area (Å²) in [7, 11) is 0. The molecule has 0 amide bonds. The zero-order valence-corrected chi connectivity index (χ0v) is 13.2. The van der Waals surface area contributed by atoms with E-state index in [1.54, 1.807) is 17.8 Å². The third kappa shape index (κ3) is 2.64. The van der Waals surface area contributed by atoms with Gasteiger partial charge >= 0.3 is 0 Å². The van der Waals surface area contributed by atoms with E-state index in [1.165, 1.54) is 0 Å². The van der Waals surface area contributed by atoms with Crippen molar-refractivity contribution in [1.29, 1.82) is 0 Å². The molecule has 1 aromatic heterocycles. The summed E-state index contributed by atoms with van der Waals surface area (Å²) in [6.07, 6.45) is 1.70. The van der Waals surface area contributed by atoms with Crippen molar-refractivity contribution in [1.82, 2.24) is 9.78 Å². The van der Waals surface area contributed by atoms with Gasteiger partial charge in [0.1, 0.15) is 5.60 Å². The molecule has 0 spiro atoms. The van der Waals surface area contributed by atoms with Crippen LogP contribution < -0.4 is 0 Å². The number of aliphatic hydroxyl groups is 1. The van der Waals surface area contributed by atoms with Crippen molar-refractivity contribution in [2.75, 3.05) is 0 Å². The number of para-hydroxylation sites is 1. The van der Waals surface area contributed by atoms with Crippen molar-refractivity contribution in [3.63, 3.8) is 0 Å². The summed E-state index contributed by atoms with van der Waals surface area (Å²) in [5.74, 6) is 0. The van der Waals surface area contributed by atoms with E-state index in [0.29, 0.717) is 0 Å². The molecule has 0 radical (unpaired) electrons. The standard InChI is InChI=1S/C17H15BrN2O/c1-17(21,13-7-9-14(18)10-8-13)16-11-12-19-20(16)15-5-3-2-4-6-15/h2-12,21H,1H3. The Morgan fingerprint density at radius 3 is 2.33 bits per heavy atom. The molecule has 0 bridgehead atoms. The van der Waals surface area contributed by atoms with Crippen molar-refractivity contribution in [3.05, 3.63) is 82.6 Å². The number of nitrogens with zero attached hydrogens (tertiary/aromatic N) is 2. The van der Waals surface area contributed by atoms with Crippen LogP contribution in [0.15, 0.2) is 71.3 Å². The average Bonchev–Trinajstić information content (AvgIpc) is 2.99. The van der Waals surface area contributed by atoms with E-state index in [9.17, 15) is 5.11 Å². The van der Waals surface area contributed by atoms with E-state index in [0.717, 1.165) is 21.4 Å². The van der Waals surface area contributed by atoms with Gasteiger partial charge in [-0.1, -0.05) is 46.3 Å². The molecule has 4 heteroatoms. The maximum atomic E-state index is 11.0. The van der Waals surface area contributed by atoms with Gasteiger partial charge in [0.05, 0.1) is 11.4 Å². The monoisotopic (exact) mass is 342 g/mol. The molecule has 0 saturated heterocycles. The summed E-state index contributed by atoms with van der Waals surface area (Å²) in [6.45, 7) is 1.78. The van der Waals surface area contributed by atoms with Crippen molar-refractivity contribution in [3.8, 4) is 5.69 Å². The molecule has 3 aromatic rings. The zero-order chi connectivity index (χ0) is 14.9. The molecule has 3 rings (SSSR count). The Labute approximate surface area is 132 Å². The van der Waals surface area contributed by atoms with Gasteiger partial charge in [-0.2, -0.15) is 5.10 Å². The SMILES string of the molecule is CC(O)(c1ccc(Br)cc1)c1ccnn1-c1ccccc1. The van der Waals surface area contributed by atoms with E-state index >= 15 is 0 Å². The number of halogens is 1. The zero-order valence-electron chi connectivity index (χ0n) is 11.6. The van der Waals surface area contributed by atoms with E-state index in [2.05, 4.69) is 21.0 Å². The lowest BCUT2D eigenvalue weighted by Crippen LogP contribution is -2.26. The van der Waals surface area contributed by atoms with Crippen LogP contribution in [0.4, 0.5) is 0 Å². The Bertz CT molecular complexity index is 733. The predicted octanol–water partition coefficient (Wildman–Crippen LogP) is 3.89. The fraction of sp³-hybridized carbons (Fsp3) is 0.118. The van der Waals surface area contributed by atoms with Gasteiger partial charge in [0.15, 0.2) is 0 Å². The van der Waals surface area contributed by atoms with Crippen LogP contribution >= 0.6 is 15.9 Å². The molecular formula is C17H15BrN2O. The van der Waals surface area contributed by atoms with Gasteiger partial charge in [-0.25, -0.2) is 4.68 Å². The van der Waals surface area contributed by atoms with Gasteiger partial charge in [-0.3, -0.25) is 0 Å². The van der Waals surface area contributed by atoms with E-state index in [4.69, 9.17) is 0 Å². The van der Waals surface area contributed by atoms with Gasteiger partial charge < -0.3 is 5.11 Å². The molecule has 1 N–H and O–H groups in total. The summed E-state index contributed by atoms with van der Waals surface area (Å²) in [4.78, 5) is 0. The Hall–Kier alpha value is -1.91. The van der Waals surface area contributed by atoms with Crippen LogP contribution in [0.5, 0.6) is 0 Å². The second kappa shape index (κ2) is 5.47. The maximum Gasteiger partial charge on any atom is 0.129 e. The molecule has 106 valence electrons. The minimum absolute atomic E-state index is 0.732. The lowest BCUT2D eigenvalue weighted by Gasteiger charge is -2.25. The van der Waals surface area contributed by atoms with Gasteiger partial charge in [0, 0.05) is 10.7 Å². The minimum Gasteiger partial charge on any atom is -0.379 e. The molecule has 0 fully saturated rings. The highest BCUT2D eigenvalue weighted by Crippen LogP contribution is 2.31. The summed E-state index contributed by atoms with van der Waals surface area (Å²) >= 11 is 3.41. The van der Waals surface area contributed by atoms with Gasteiger partial charge in [0.2, 0.25) is 0 Å². The van der Waals surface area contributed by atoms with Gasteiger partial charge in [-0.05, 0) is 42.8 Å². The average molecular weight is 343 g/mol. The quantitative estimate of drug-likeness (QED) is 0.784. The molecule has 1 atom stereocenters. The molecule has 1 unspecified atom stereocenters. The fourth-order valence-electron chi connectivity index (χ4n) is 2.37. The van der Waals surface area contributed by atoms with E-state index in [1.807, 2.05) is 60.7 Å². The van der Waals surface area contributed by atoms with Crippen LogP contribution in [0.1, 0.15) is 18.2 Å². The molecule has 0 aliphatic carbocycles. The summed E-state index contributed by atoms with van der Waals surface area (Å²) in [5.41, 5.74) is 1.36. The Morgan fingerprint density at radius 2 is 1.67 bits per heavy atom. The topological polar surface area (TPSA) is 38.1 Å². The Balaban J connectivity index is 2.08. The lowest BCUT2D eigenvalue weighted by atomic mass is 9.92. The Kier molecular flexibility index (Phi) is 3.66. The first kappa shape index (κ1) is 14.0. The minimum atomic E-state index is -1.12. The molecule has 1 heterocycles. The maximum absolute atomic E-state index is 11.0. The summed E-state index contributed by atoms with van der Waals surface area (Å²) in [6, 6.07) is 19.3. The molecule has 2 aromatic carbocycles. The summed E-state index contributed by atoms with van der Waals surface area (Å²) < 4.78 is 2.75. The second-order valence-electron chi connectivity index (χ2n) is 5.04. The number of hydrogen-bond donors (Lipinski definition) is 1. The molecular weight excluding hydrogens is 328 g/mol. The number of benzene rings is 2. The first-order chi connectivity index (χ1) is 10.1. The van der Waals surface area contributed by atoms with Gasteiger partial charge in [0.25, 0.3) is 0 Å². The highest BCUT2D eigenvalue weighted by molar-refractivity contribution is 9.10. The smallest absolute Gasteiger partial charge is 0.129 e. The van der Waals surface area contributed by atoms with E-state index < -0.39 is 5.60 Å². The second-order valence-corrected chi connectivity index (χ2v) is 5.96. The van der Waals surface area contributed by atoms with Crippen molar-refractivity contribution in [2.24, 2.45) is 0 Å². The largest absolute Gasteiger partial charge is 0.379 e. The third-order valence-corrected chi connectivity index (χ3v) is 4.08.